The van der Waals surface area contributed by atoms with Crippen molar-refractivity contribution >= 4 is 38.5 Å². The van der Waals surface area contributed by atoms with Crippen LogP contribution in [0.3, 0.4) is 0 Å². The average molecular weight is 341 g/mol. The van der Waals surface area contributed by atoms with Crippen LogP contribution in [0.2, 0.25) is 0 Å². The minimum atomic E-state index is -0.926. The summed E-state index contributed by atoms with van der Waals surface area (Å²) in [5.41, 5.74) is 2.17. The molecule has 5 nitrogen and oxygen atoms in total. The summed E-state index contributed by atoms with van der Waals surface area (Å²) in [7, 11) is 5.40. The van der Waals surface area contributed by atoms with Gasteiger partial charge in [0, 0.05) is 43.3 Å². The van der Waals surface area contributed by atoms with Crippen molar-refractivity contribution in [1.82, 2.24) is 4.57 Å². The van der Waals surface area contributed by atoms with Gasteiger partial charge in [-0.25, -0.2) is 4.79 Å². The molecule has 0 radical (unpaired) electrons. The highest BCUT2D eigenvalue weighted by Gasteiger charge is 2.15. The molecule has 0 aliphatic carbocycles. The molecule has 0 spiro atoms. The maximum Gasteiger partial charge on any atom is 0.352 e. The largest absolute Gasteiger partial charge is 0.477 e. The molecule has 2 rings (SSSR count). The van der Waals surface area contributed by atoms with Gasteiger partial charge in [-0.2, -0.15) is 0 Å². The van der Waals surface area contributed by atoms with Gasteiger partial charge in [0.05, 0.1) is 12.1 Å². The van der Waals surface area contributed by atoms with Crippen molar-refractivity contribution in [3.05, 3.63) is 28.4 Å². The number of anilines is 1. The third-order valence-electron chi connectivity index (χ3n) is 3.36. The van der Waals surface area contributed by atoms with Crippen LogP contribution in [0.15, 0.2) is 22.7 Å². The fraction of sp³-hybridized carbons (Fsp3) is 0.357. The Morgan fingerprint density at radius 2 is 2.15 bits per heavy atom. The molecule has 1 heterocycles. The molecule has 0 unspecified atom stereocenters. The Bertz CT molecular complexity index is 651. The van der Waals surface area contributed by atoms with Gasteiger partial charge in [0.1, 0.15) is 5.69 Å². The predicted octanol–water partition coefficient (Wildman–Crippen LogP) is 2.72. The van der Waals surface area contributed by atoms with Crippen LogP contribution < -0.4 is 4.90 Å². The number of carboxylic acids is 1. The molecule has 0 amide bonds. The summed E-state index contributed by atoms with van der Waals surface area (Å²) in [4.78, 5) is 13.3. The van der Waals surface area contributed by atoms with E-state index in [1.54, 1.807) is 24.8 Å². The van der Waals surface area contributed by atoms with Gasteiger partial charge in [-0.1, -0.05) is 0 Å². The van der Waals surface area contributed by atoms with Crippen molar-refractivity contribution in [2.45, 2.75) is 0 Å². The van der Waals surface area contributed by atoms with Crippen LogP contribution in [-0.4, -0.2) is 43.0 Å². The fourth-order valence-corrected chi connectivity index (χ4v) is 2.95. The van der Waals surface area contributed by atoms with Crippen molar-refractivity contribution in [3.63, 3.8) is 0 Å². The maximum absolute atomic E-state index is 11.2. The lowest BCUT2D eigenvalue weighted by atomic mass is 10.2. The van der Waals surface area contributed by atoms with Crippen LogP contribution in [0.1, 0.15) is 10.5 Å². The van der Waals surface area contributed by atoms with E-state index in [2.05, 4.69) is 20.8 Å². The Kier molecular flexibility index (Phi) is 4.35. The van der Waals surface area contributed by atoms with Crippen LogP contribution in [0.25, 0.3) is 10.9 Å². The zero-order valence-corrected chi connectivity index (χ0v) is 13.3. The number of nitrogens with zero attached hydrogens (tertiary/aromatic N) is 2. The Morgan fingerprint density at radius 3 is 2.75 bits per heavy atom. The first-order valence-corrected chi connectivity index (χ1v) is 6.97. The van der Waals surface area contributed by atoms with E-state index in [-0.39, 0.29) is 5.69 Å². The molecule has 1 N–H and O–H groups in total. The van der Waals surface area contributed by atoms with Gasteiger partial charge in [-0.15, -0.1) is 0 Å². The highest BCUT2D eigenvalue weighted by atomic mass is 79.9. The number of methoxy groups -OCH3 is 1. The molecule has 2 aromatic rings. The Balaban J connectivity index is 2.49. The number of fused-ring (bicyclic) bond motifs is 1. The molecule has 0 aliphatic rings. The molecule has 0 bridgehead atoms. The summed E-state index contributed by atoms with van der Waals surface area (Å²) in [5, 5.41) is 10.1. The second kappa shape index (κ2) is 5.85. The van der Waals surface area contributed by atoms with Gasteiger partial charge in [0.2, 0.25) is 0 Å². The van der Waals surface area contributed by atoms with Crippen molar-refractivity contribution in [3.8, 4) is 0 Å². The lowest BCUT2D eigenvalue weighted by molar-refractivity contribution is 0.0687. The zero-order chi connectivity index (χ0) is 14.9. The van der Waals surface area contributed by atoms with E-state index in [0.29, 0.717) is 6.61 Å². The minimum absolute atomic E-state index is 0.275. The molecule has 20 heavy (non-hydrogen) atoms. The van der Waals surface area contributed by atoms with Crippen LogP contribution in [0.4, 0.5) is 5.69 Å². The number of carboxylic acid groups (broad SMARTS) is 1. The molecule has 0 atom stereocenters. The van der Waals surface area contributed by atoms with Crippen molar-refractivity contribution in [2.75, 3.05) is 32.2 Å². The number of hydrogen-bond acceptors (Lipinski definition) is 3. The second-order valence-corrected chi connectivity index (χ2v) is 5.53. The molecule has 0 saturated carbocycles. The first-order valence-electron chi connectivity index (χ1n) is 6.18. The minimum Gasteiger partial charge on any atom is -0.477 e. The number of rotatable bonds is 5. The first-order chi connectivity index (χ1) is 9.45. The van der Waals surface area contributed by atoms with Crippen LogP contribution in [-0.2, 0) is 11.8 Å². The van der Waals surface area contributed by atoms with Gasteiger partial charge in [-0.3, -0.25) is 0 Å². The molecule has 6 heteroatoms. The summed E-state index contributed by atoms with van der Waals surface area (Å²) in [6.45, 7) is 1.41. The van der Waals surface area contributed by atoms with Crippen LogP contribution in [0.5, 0.6) is 0 Å². The molecule has 0 aliphatic heterocycles. The van der Waals surface area contributed by atoms with Crippen LogP contribution in [0, 0.1) is 0 Å². The highest BCUT2D eigenvalue weighted by molar-refractivity contribution is 9.10. The van der Waals surface area contributed by atoms with Gasteiger partial charge < -0.3 is 19.3 Å². The van der Waals surface area contributed by atoms with Gasteiger partial charge >= 0.3 is 5.97 Å². The van der Waals surface area contributed by atoms with Crippen molar-refractivity contribution in [2.24, 2.45) is 7.05 Å². The summed E-state index contributed by atoms with van der Waals surface area (Å²) in [6.07, 6.45) is 0. The summed E-state index contributed by atoms with van der Waals surface area (Å²) in [6, 6.07) is 5.67. The van der Waals surface area contributed by atoms with Gasteiger partial charge in [0.25, 0.3) is 0 Å². The van der Waals surface area contributed by atoms with E-state index in [1.165, 1.54) is 0 Å². The maximum atomic E-state index is 11.2. The number of aromatic nitrogens is 1. The van der Waals surface area contributed by atoms with E-state index >= 15 is 0 Å². The molecular weight excluding hydrogens is 324 g/mol. The number of benzene rings is 1. The smallest absolute Gasteiger partial charge is 0.352 e. The Morgan fingerprint density at radius 1 is 1.45 bits per heavy atom. The number of aryl methyl sites for hydroxylation is 1. The molecular formula is C14H17BrN2O3. The molecule has 1 aromatic carbocycles. The van der Waals surface area contributed by atoms with E-state index in [1.807, 2.05) is 19.2 Å². The molecule has 0 saturated heterocycles. The monoisotopic (exact) mass is 340 g/mol. The molecule has 0 fully saturated rings. The average Bonchev–Trinajstić information content (AvgIpc) is 2.73. The number of aromatic carboxylic acids is 1. The topological polar surface area (TPSA) is 54.7 Å². The van der Waals surface area contributed by atoms with E-state index in [9.17, 15) is 9.90 Å². The van der Waals surface area contributed by atoms with Gasteiger partial charge in [-0.05, 0) is 34.1 Å². The summed E-state index contributed by atoms with van der Waals surface area (Å²) < 4.78 is 7.63. The fourth-order valence-electron chi connectivity index (χ4n) is 2.22. The summed E-state index contributed by atoms with van der Waals surface area (Å²) >= 11 is 3.53. The number of carbonyl (C=O) groups is 1. The molecule has 108 valence electrons. The summed E-state index contributed by atoms with van der Waals surface area (Å²) in [5.74, 6) is -0.926. The van der Waals surface area contributed by atoms with Gasteiger partial charge in [0.15, 0.2) is 0 Å². The third kappa shape index (κ3) is 2.66. The van der Waals surface area contributed by atoms with Crippen LogP contribution >= 0.6 is 15.9 Å². The first kappa shape index (κ1) is 14.9. The lowest BCUT2D eigenvalue weighted by Crippen LogP contribution is -2.21. The SMILES string of the molecule is COCCN(C)c1cc(Br)c2c(c1)cc(C(=O)O)n2C. The Labute approximate surface area is 125 Å². The zero-order valence-electron chi connectivity index (χ0n) is 11.7. The Hall–Kier alpha value is -1.53. The van der Waals surface area contributed by atoms with E-state index in [4.69, 9.17) is 4.74 Å². The highest BCUT2D eigenvalue weighted by Crippen LogP contribution is 2.31. The number of likely N-dealkylation sites (N-methyl/N-ethyl adjacent to an activating group) is 1. The third-order valence-corrected chi connectivity index (χ3v) is 3.96. The van der Waals surface area contributed by atoms with Crippen molar-refractivity contribution in [1.29, 1.82) is 0 Å². The van der Waals surface area contributed by atoms with E-state index in [0.717, 1.165) is 27.6 Å². The number of halogens is 1. The van der Waals surface area contributed by atoms with Crippen molar-refractivity contribution < 1.29 is 14.6 Å². The quantitative estimate of drug-likeness (QED) is 0.909. The number of hydrogen-bond donors (Lipinski definition) is 1. The normalized spacial score (nSPS) is 11.0. The lowest BCUT2D eigenvalue weighted by Gasteiger charge is -2.19. The number of ether oxygens (including phenoxy) is 1. The second-order valence-electron chi connectivity index (χ2n) is 4.67. The standard InChI is InChI=1S/C14H17BrN2O3/c1-16(4-5-20-3)10-6-9-7-12(14(18)19)17(2)13(9)11(15)8-10/h6-8H,4-5H2,1-3H3,(H,18,19). The predicted molar refractivity (Wildman–Crippen MR) is 82.7 cm³/mol. The van der Waals surface area contributed by atoms with E-state index < -0.39 is 5.97 Å². The molecule has 1 aromatic heterocycles.